The lowest BCUT2D eigenvalue weighted by atomic mass is 10.3. The highest BCUT2D eigenvalue weighted by Crippen LogP contribution is 2.26. The number of thioether (sulfide) groups is 1. The van der Waals surface area contributed by atoms with Crippen LogP contribution in [0.4, 0.5) is 0 Å². The Kier molecular flexibility index (Phi) is 4.07. The molecular formula is C18H15N5OS. The molecule has 0 unspecified atom stereocenters. The van der Waals surface area contributed by atoms with E-state index in [4.69, 9.17) is 0 Å². The van der Waals surface area contributed by atoms with E-state index in [0.717, 1.165) is 21.7 Å². The number of fused-ring (bicyclic) bond motifs is 1. The first-order valence-corrected chi connectivity index (χ1v) is 8.74. The summed E-state index contributed by atoms with van der Waals surface area (Å²) < 4.78 is 3.60. The number of carbonyl (C=O) groups is 1. The number of carbonyl (C=O) groups excluding carboxylic acids is 1. The maximum absolute atomic E-state index is 12.4. The van der Waals surface area contributed by atoms with Crippen LogP contribution in [0.5, 0.6) is 0 Å². The van der Waals surface area contributed by atoms with Gasteiger partial charge in [-0.15, -0.1) is 0 Å². The second kappa shape index (κ2) is 6.52. The molecule has 0 aliphatic carbocycles. The van der Waals surface area contributed by atoms with Crippen LogP contribution in [0.25, 0.3) is 16.7 Å². The molecule has 0 saturated carbocycles. The molecule has 0 fully saturated rings. The first-order chi connectivity index (χ1) is 12.2. The van der Waals surface area contributed by atoms with Gasteiger partial charge in [0, 0.05) is 13.2 Å². The van der Waals surface area contributed by atoms with Gasteiger partial charge in [-0.05, 0) is 24.3 Å². The van der Waals surface area contributed by atoms with Crippen LogP contribution in [0.15, 0.2) is 66.2 Å². The molecule has 0 atom stereocenters. The number of nitrogens with zero attached hydrogens (tertiary/aromatic N) is 5. The van der Waals surface area contributed by atoms with Crippen LogP contribution in [0, 0.1) is 0 Å². The average Bonchev–Trinajstić information content (AvgIpc) is 3.27. The van der Waals surface area contributed by atoms with E-state index in [1.165, 1.54) is 18.1 Å². The van der Waals surface area contributed by atoms with Crippen LogP contribution >= 0.6 is 11.8 Å². The van der Waals surface area contributed by atoms with Gasteiger partial charge in [0.05, 0.1) is 28.7 Å². The lowest BCUT2D eigenvalue weighted by Crippen LogP contribution is -2.08. The monoisotopic (exact) mass is 349 g/mol. The maximum Gasteiger partial charge on any atom is 0.189 e. The van der Waals surface area contributed by atoms with Crippen molar-refractivity contribution in [3.05, 3.63) is 66.9 Å². The summed E-state index contributed by atoms with van der Waals surface area (Å²) in [4.78, 5) is 21.0. The highest BCUT2D eigenvalue weighted by atomic mass is 32.2. The quantitative estimate of drug-likeness (QED) is 0.315. The number of aromatic nitrogens is 5. The average molecular weight is 349 g/mol. The fraction of sp³-hybridized carbons (Fsp3) is 0.111. The van der Waals surface area contributed by atoms with E-state index in [0.29, 0.717) is 11.4 Å². The number of benzene rings is 1. The zero-order valence-corrected chi connectivity index (χ0v) is 14.3. The highest BCUT2D eigenvalue weighted by Gasteiger charge is 2.14. The van der Waals surface area contributed by atoms with Crippen LogP contribution < -0.4 is 0 Å². The Balaban J connectivity index is 1.62. The zero-order chi connectivity index (χ0) is 17.2. The fourth-order valence-corrected chi connectivity index (χ4v) is 3.49. The topological polar surface area (TPSA) is 65.6 Å². The Hall–Kier alpha value is -2.93. The van der Waals surface area contributed by atoms with E-state index in [-0.39, 0.29) is 5.78 Å². The van der Waals surface area contributed by atoms with Crippen molar-refractivity contribution >= 4 is 28.6 Å². The number of aryl methyl sites for hydroxylation is 1. The van der Waals surface area contributed by atoms with Gasteiger partial charge in [0.2, 0.25) is 0 Å². The molecule has 0 saturated heterocycles. The lowest BCUT2D eigenvalue weighted by Gasteiger charge is -2.04. The number of hydrogen-bond donors (Lipinski definition) is 0. The number of Topliss-reactive ketones (excluding diaryl/α,β-unsaturated/α-hetero) is 1. The summed E-state index contributed by atoms with van der Waals surface area (Å²) in [6.45, 7) is 0. The number of para-hydroxylation sites is 1. The number of rotatable bonds is 5. The summed E-state index contributed by atoms with van der Waals surface area (Å²) in [6, 6.07) is 13.5. The molecule has 0 aliphatic rings. The molecule has 0 spiro atoms. The molecule has 124 valence electrons. The van der Waals surface area contributed by atoms with Crippen molar-refractivity contribution in [2.45, 2.75) is 5.03 Å². The van der Waals surface area contributed by atoms with Gasteiger partial charge in [0.15, 0.2) is 11.4 Å². The fourth-order valence-electron chi connectivity index (χ4n) is 2.65. The van der Waals surface area contributed by atoms with Gasteiger partial charge in [0.25, 0.3) is 0 Å². The molecule has 0 N–H and O–H groups in total. The van der Waals surface area contributed by atoms with E-state index in [1.54, 1.807) is 10.9 Å². The smallest absolute Gasteiger partial charge is 0.189 e. The van der Waals surface area contributed by atoms with Gasteiger partial charge in [-0.2, -0.15) is 5.10 Å². The third-order valence-electron chi connectivity index (χ3n) is 3.90. The summed E-state index contributed by atoms with van der Waals surface area (Å²) in [5.41, 5.74) is 2.36. The van der Waals surface area contributed by atoms with Crippen molar-refractivity contribution in [2.75, 3.05) is 5.75 Å². The number of ketones is 1. The second-order valence-electron chi connectivity index (χ2n) is 5.52. The first kappa shape index (κ1) is 15.6. The molecule has 4 rings (SSSR count). The minimum absolute atomic E-state index is 0.0692. The lowest BCUT2D eigenvalue weighted by molar-refractivity contribution is 0.101. The molecular weight excluding hydrogens is 334 g/mol. The molecule has 0 amide bonds. The van der Waals surface area contributed by atoms with Crippen molar-refractivity contribution in [1.82, 2.24) is 24.3 Å². The van der Waals surface area contributed by atoms with Crippen LogP contribution in [0.3, 0.4) is 0 Å². The predicted octanol–water partition coefficient (Wildman–Crippen LogP) is 3.13. The van der Waals surface area contributed by atoms with Crippen molar-refractivity contribution < 1.29 is 4.79 Å². The summed E-state index contributed by atoms with van der Waals surface area (Å²) >= 11 is 1.41. The molecule has 1 aromatic carbocycles. The summed E-state index contributed by atoms with van der Waals surface area (Å²) in [6.07, 6.45) is 5.13. The zero-order valence-electron chi connectivity index (χ0n) is 13.5. The Morgan fingerprint density at radius 1 is 1.12 bits per heavy atom. The summed E-state index contributed by atoms with van der Waals surface area (Å²) in [7, 11) is 1.87. The van der Waals surface area contributed by atoms with E-state index in [2.05, 4.69) is 15.1 Å². The molecule has 7 heteroatoms. The highest BCUT2D eigenvalue weighted by molar-refractivity contribution is 8.00. The van der Waals surface area contributed by atoms with Crippen LogP contribution in [0.1, 0.15) is 10.5 Å². The van der Waals surface area contributed by atoms with Gasteiger partial charge in [0.1, 0.15) is 11.4 Å². The van der Waals surface area contributed by atoms with Crippen LogP contribution in [-0.2, 0) is 7.05 Å². The normalized spacial score (nSPS) is 11.1. The molecule has 0 aliphatic heterocycles. The van der Waals surface area contributed by atoms with Crippen LogP contribution in [0.2, 0.25) is 0 Å². The molecule has 4 aromatic rings. The van der Waals surface area contributed by atoms with Gasteiger partial charge < -0.3 is 4.57 Å². The van der Waals surface area contributed by atoms with Gasteiger partial charge >= 0.3 is 0 Å². The molecule has 3 aromatic heterocycles. The first-order valence-electron chi connectivity index (χ1n) is 7.75. The van der Waals surface area contributed by atoms with Crippen molar-refractivity contribution in [3.8, 4) is 5.69 Å². The Bertz CT molecular complexity index is 1040. The summed E-state index contributed by atoms with van der Waals surface area (Å²) in [5, 5.41) is 6.03. The predicted molar refractivity (Wildman–Crippen MR) is 97.1 cm³/mol. The van der Waals surface area contributed by atoms with Gasteiger partial charge in [-0.25, -0.2) is 14.6 Å². The standard InChI is InChI=1S/C18H15N5OS/c1-22-9-5-8-15(22)16(24)11-25-18-14-10-21-23(17(14)19-12-20-18)13-6-3-2-4-7-13/h2-10,12H,11H2,1H3. The third-order valence-corrected chi connectivity index (χ3v) is 4.90. The van der Waals surface area contributed by atoms with Gasteiger partial charge in [-0.3, -0.25) is 4.79 Å². The van der Waals surface area contributed by atoms with Crippen molar-refractivity contribution in [3.63, 3.8) is 0 Å². The SMILES string of the molecule is Cn1cccc1C(=O)CSc1ncnc2c1cnn2-c1ccccc1. The Morgan fingerprint density at radius 3 is 2.72 bits per heavy atom. The Labute approximate surface area is 148 Å². The van der Waals surface area contributed by atoms with Crippen LogP contribution in [-0.4, -0.2) is 35.9 Å². The minimum Gasteiger partial charge on any atom is -0.348 e. The summed E-state index contributed by atoms with van der Waals surface area (Å²) in [5.74, 6) is 0.389. The molecule has 6 nitrogen and oxygen atoms in total. The number of hydrogen-bond acceptors (Lipinski definition) is 5. The maximum atomic E-state index is 12.4. The minimum atomic E-state index is 0.0692. The third kappa shape index (κ3) is 2.94. The largest absolute Gasteiger partial charge is 0.348 e. The molecule has 0 bridgehead atoms. The Morgan fingerprint density at radius 2 is 1.96 bits per heavy atom. The van der Waals surface area contributed by atoms with E-state index in [1.807, 2.05) is 60.3 Å². The van der Waals surface area contributed by atoms with Crippen molar-refractivity contribution in [2.24, 2.45) is 7.05 Å². The molecule has 0 radical (unpaired) electrons. The van der Waals surface area contributed by atoms with E-state index in [9.17, 15) is 4.79 Å². The van der Waals surface area contributed by atoms with E-state index < -0.39 is 0 Å². The molecule has 25 heavy (non-hydrogen) atoms. The molecule has 3 heterocycles. The van der Waals surface area contributed by atoms with Crippen molar-refractivity contribution in [1.29, 1.82) is 0 Å². The second-order valence-corrected chi connectivity index (χ2v) is 6.49. The van der Waals surface area contributed by atoms with Gasteiger partial charge in [-0.1, -0.05) is 30.0 Å². The van der Waals surface area contributed by atoms with E-state index >= 15 is 0 Å².